The van der Waals surface area contributed by atoms with E-state index in [9.17, 15) is 4.79 Å². The summed E-state index contributed by atoms with van der Waals surface area (Å²) in [6.07, 6.45) is 4.55. The third-order valence-electron chi connectivity index (χ3n) is 5.19. The third kappa shape index (κ3) is 4.18. The predicted octanol–water partition coefficient (Wildman–Crippen LogP) is 0.557. The number of piperidine rings is 2. The second-order valence-electron chi connectivity index (χ2n) is 6.72. The molecule has 3 fully saturated rings. The molecule has 1 atom stereocenters. The van der Waals surface area contributed by atoms with Crippen LogP contribution in [-0.4, -0.2) is 74.7 Å². The lowest BCUT2D eigenvalue weighted by atomic mass is 9.93. The predicted molar refractivity (Wildman–Crippen MR) is 82.2 cm³/mol. The maximum absolute atomic E-state index is 12.5. The highest BCUT2D eigenvalue weighted by atomic mass is 16.5. The van der Waals surface area contributed by atoms with Gasteiger partial charge in [0.15, 0.2) is 0 Å². The lowest BCUT2D eigenvalue weighted by molar-refractivity contribution is -0.137. The monoisotopic (exact) mass is 295 g/mol. The molecule has 1 amide bonds. The summed E-state index contributed by atoms with van der Waals surface area (Å²) in [5.74, 6) is 1.39. The average molecular weight is 295 g/mol. The molecule has 0 radical (unpaired) electrons. The van der Waals surface area contributed by atoms with Gasteiger partial charge in [0.1, 0.15) is 0 Å². The Labute approximate surface area is 128 Å². The quantitative estimate of drug-likeness (QED) is 0.826. The molecule has 3 saturated heterocycles. The fourth-order valence-corrected chi connectivity index (χ4v) is 3.81. The number of rotatable bonds is 3. The van der Waals surface area contributed by atoms with Crippen molar-refractivity contribution in [3.8, 4) is 0 Å². The van der Waals surface area contributed by atoms with E-state index < -0.39 is 0 Å². The van der Waals surface area contributed by atoms with Crippen LogP contribution in [0.3, 0.4) is 0 Å². The van der Waals surface area contributed by atoms with Crippen LogP contribution >= 0.6 is 0 Å². The van der Waals surface area contributed by atoms with E-state index in [2.05, 4.69) is 15.1 Å². The van der Waals surface area contributed by atoms with E-state index >= 15 is 0 Å². The topological polar surface area (TPSA) is 44.8 Å². The first-order chi connectivity index (χ1) is 10.3. The molecule has 1 N–H and O–H groups in total. The lowest BCUT2D eigenvalue weighted by Crippen LogP contribution is -2.48. The van der Waals surface area contributed by atoms with Gasteiger partial charge in [-0.2, -0.15) is 0 Å². The fourth-order valence-electron chi connectivity index (χ4n) is 3.81. The fraction of sp³-hybridized carbons (Fsp3) is 0.938. The van der Waals surface area contributed by atoms with Crippen LogP contribution in [0.25, 0.3) is 0 Å². The summed E-state index contributed by atoms with van der Waals surface area (Å²) in [6, 6.07) is 0. The standard InChI is InChI=1S/C16H29N3O2/c20-16(15-2-1-5-17-12-15)19-6-3-14(4-7-19)13-18-8-10-21-11-9-18/h14-15,17H,1-13H2/t15-/m0/s1. The number of nitrogens with one attached hydrogen (secondary N) is 1. The summed E-state index contributed by atoms with van der Waals surface area (Å²) in [6.45, 7) is 8.99. The number of hydrogen-bond donors (Lipinski definition) is 1. The third-order valence-corrected chi connectivity index (χ3v) is 5.19. The lowest BCUT2D eigenvalue weighted by Gasteiger charge is -2.37. The molecule has 0 aromatic heterocycles. The zero-order chi connectivity index (χ0) is 14.5. The van der Waals surface area contributed by atoms with Gasteiger partial charge in [-0.25, -0.2) is 0 Å². The van der Waals surface area contributed by atoms with Gasteiger partial charge >= 0.3 is 0 Å². The minimum Gasteiger partial charge on any atom is -0.379 e. The van der Waals surface area contributed by atoms with Crippen molar-refractivity contribution in [2.45, 2.75) is 25.7 Å². The van der Waals surface area contributed by atoms with E-state index in [0.717, 1.165) is 71.2 Å². The van der Waals surface area contributed by atoms with Gasteiger partial charge in [0, 0.05) is 39.3 Å². The molecular weight excluding hydrogens is 266 g/mol. The Morgan fingerprint density at radius 1 is 1.10 bits per heavy atom. The molecular formula is C16H29N3O2. The molecule has 3 aliphatic rings. The molecule has 0 unspecified atom stereocenters. The van der Waals surface area contributed by atoms with Crippen molar-refractivity contribution in [3.05, 3.63) is 0 Å². The van der Waals surface area contributed by atoms with E-state index in [0.29, 0.717) is 5.91 Å². The van der Waals surface area contributed by atoms with E-state index in [1.54, 1.807) is 0 Å². The number of morpholine rings is 1. The van der Waals surface area contributed by atoms with Crippen LogP contribution in [-0.2, 0) is 9.53 Å². The van der Waals surface area contributed by atoms with Gasteiger partial charge in [0.2, 0.25) is 5.91 Å². The number of amides is 1. The van der Waals surface area contributed by atoms with Crippen LogP contribution in [0.2, 0.25) is 0 Å². The zero-order valence-electron chi connectivity index (χ0n) is 13.1. The summed E-state index contributed by atoms with van der Waals surface area (Å²) in [5.41, 5.74) is 0. The Bertz CT molecular complexity index is 330. The molecule has 0 spiro atoms. The van der Waals surface area contributed by atoms with Crippen molar-refractivity contribution < 1.29 is 9.53 Å². The number of hydrogen-bond acceptors (Lipinski definition) is 4. The molecule has 3 heterocycles. The van der Waals surface area contributed by atoms with E-state index in [1.807, 2.05) is 0 Å². The van der Waals surface area contributed by atoms with Crippen LogP contribution in [0.5, 0.6) is 0 Å². The molecule has 3 aliphatic heterocycles. The van der Waals surface area contributed by atoms with Crippen LogP contribution in [0.4, 0.5) is 0 Å². The van der Waals surface area contributed by atoms with Crippen LogP contribution < -0.4 is 5.32 Å². The zero-order valence-corrected chi connectivity index (χ0v) is 13.1. The summed E-state index contributed by atoms with van der Waals surface area (Å²) in [7, 11) is 0. The molecule has 120 valence electrons. The minimum atomic E-state index is 0.231. The summed E-state index contributed by atoms with van der Waals surface area (Å²) in [5, 5.41) is 3.35. The molecule has 3 rings (SSSR count). The number of carbonyl (C=O) groups excluding carboxylic acids is 1. The molecule has 5 nitrogen and oxygen atoms in total. The summed E-state index contributed by atoms with van der Waals surface area (Å²) in [4.78, 5) is 17.2. The van der Waals surface area contributed by atoms with Gasteiger partial charge in [-0.15, -0.1) is 0 Å². The van der Waals surface area contributed by atoms with Gasteiger partial charge in [-0.05, 0) is 38.1 Å². The number of nitrogens with zero attached hydrogens (tertiary/aromatic N) is 2. The number of ether oxygens (including phenoxy) is 1. The maximum Gasteiger partial charge on any atom is 0.226 e. The molecule has 0 aromatic rings. The van der Waals surface area contributed by atoms with Crippen LogP contribution in [0, 0.1) is 11.8 Å². The van der Waals surface area contributed by atoms with E-state index in [4.69, 9.17) is 4.74 Å². The Morgan fingerprint density at radius 2 is 1.86 bits per heavy atom. The second kappa shape index (κ2) is 7.56. The molecule has 0 bridgehead atoms. The Balaban J connectivity index is 1.40. The molecule has 5 heteroatoms. The average Bonchev–Trinajstić information content (AvgIpc) is 2.57. The molecule has 21 heavy (non-hydrogen) atoms. The molecule has 0 aromatic carbocycles. The summed E-state index contributed by atoms with van der Waals surface area (Å²) < 4.78 is 5.40. The Kier molecular flexibility index (Phi) is 5.49. The van der Waals surface area contributed by atoms with Crippen molar-refractivity contribution in [3.63, 3.8) is 0 Å². The van der Waals surface area contributed by atoms with Crippen LogP contribution in [0.15, 0.2) is 0 Å². The van der Waals surface area contributed by atoms with Crippen LogP contribution in [0.1, 0.15) is 25.7 Å². The molecule has 0 aliphatic carbocycles. The Hall–Kier alpha value is -0.650. The minimum absolute atomic E-state index is 0.231. The highest BCUT2D eigenvalue weighted by Crippen LogP contribution is 2.22. The normalized spacial score (nSPS) is 29.5. The first kappa shape index (κ1) is 15.3. The first-order valence-corrected chi connectivity index (χ1v) is 8.62. The van der Waals surface area contributed by atoms with Crippen molar-refractivity contribution in [2.24, 2.45) is 11.8 Å². The highest BCUT2D eigenvalue weighted by Gasteiger charge is 2.29. The Morgan fingerprint density at radius 3 is 2.52 bits per heavy atom. The maximum atomic E-state index is 12.5. The van der Waals surface area contributed by atoms with Gasteiger partial charge in [-0.3, -0.25) is 9.69 Å². The second-order valence-corrected chi connectivity index (χ2v) is 6.72. The van der Waals surface area contributed by atoms with Crippen molar-refractivity contribution in [2.75, 3.05) is 59.0 Å². The van der Waals surface area contributed by atoms with Gasteiger partial charge in [-0.1, -0.05) is 0 Å². The SMILES string of the molecule is O=C([C@H]1CCCNC1)N1CCC(CN2CCOCC2)CC1. The van der Waals surface area contributed by atoms with Crippen molar-refractivity contribution in [1.29, 1.82) is 0 Å². The van der Waals surface area contributed by atoms with Crippen molar-refractivity contribution >= 4 is 5.91 Å². The first-order valence-electron chi connectivity index (χ1n) is 8.62. The molecule has 0 saturated carbocycles. The summed E-state index contributed by atoms with van der Waals surface area (Å²) >= 11 is 0. The van der Waals surface area contributed by atoms with E-state index in [-0.39, 0.29) is 5.92 Å². The number of likely N-dealkylation sites (tertiary alicyclic amines) is 1. The van der Waals surface area contributed by atoms with Gasteiger partial charge in [0.25, 0.3) is 0 Å². The van der Waals surface area contributed by atoms with E-state index in [1.165, 1.54) is 19.4 Å². The largest absolute Gasteiger partial charge is 0.379 e. The van der Waals surface area contributed by atoms with Gasteiger partial charge < -0.3 is 15.0 Å². The highest BCUT2D eigenvalue weighted by molar-refractivity contribution is 5.79. The van der Waals surface area contributed by atoms with Gasteiger partial charge in [0.05, 0.1) is 19.1 Å². The number of carbonyl (C=O) groups is 1. The smallest absolute Gasteiger partial charge is 0.226 e. The van der Waals surface area contributed by atoms with Crippen molar-refractivity contribution in [1.82, 2.24) is 15.1 Å².